The lowest BCUT2D eigenvalue weighted by Crippen LogP contribution is -2.48. The number of allylic oxidation sites excluding steroid dienone is 1. The van der Waals surface area contributed by atoms with E-state index in [0.717, 1.165) is 30.6 Å². The van der Waals surface area contributed by atoms with Crippen LogP contribution in [0.25, 0.3) is 0 Å². The van der Waals surface area contributed by atoms with Gasteiger partial charge < -0.3 is 5.11 Å². The molecule has 3 aliphatic rings. The molecule has 0 aromatic rings. The molecule has 0 spiro atoms. The van der Waals surface area contributed by atoms with Gasteiger partial charge in [0.1, 0.15) is 0 Å². The Morgan fingerprint density at radius 2 is 2.05 bits per heavy atom. The van der Waals surface area contributed by atoms with Gasteiger partial charge in [0.15, 0.2) is 0 Å². The summed E-state index contributed by atoms with van der Waals surface area (Å²) >= 11 is 0. The van der Waals surface area contributed by atoms with Gasteiger partial charge in [-0.1, -0.05) is 51.2 Å². The molecular formula is C19H32O. The second-order valence-electron chi connectivity index (χ2n) is 8.31. The second-order valence-corrected chi connectivity index (χ2v) is 8.31. The Morgan fingerprint density at radius 1 is 1.25 bits per heavy atom. The van der Waals surface area contributed by atoms with Gasteiger partial charge >= 0.3 is 0 Å². The molecule has 114 valence electrons. The van der Waals surface area contributed by atoms with Crippen molar-refractivity contribution < 1.29 is 5.11 Å². The maximum Gasteiger partial charge on any atom is 0.0657 e. The van der Waals surface area contributed by atoms with Crippen LogP contribution in [0.2, 0.25) is 0 Å². The predicted octanol–water partition coefficient (Wildman–Crippen LogP) is 5.09. The van der Waals surface area contributed by atoms with Crippen LogP contribution in [0.1, 0.15) is 78.6 Å². The van der Waals surface area contributed by atoms with Crippen LogP contribution in [-0.4, -0.2) is 10.7 Å². The Hall–Kier alpha value is -0.300. The lowest BCUT2D eigenvalue weighted by Gasteiger charge is -2.55. The van der Waals surface area contributed by atoms with Crippen molar-refractivity contribution >= 4 is 0 Å². The number of aliphatic hydroxyl groups is 1. The minimum atomic E-state index is -0.449. The molecule has 0 aromatic heterocycles. The predicted molar refractivity (Wildman–Crippen MR) is 84.5 cm³/mol. The van der Waals surface area contributed by atoms with Crippen molar-refractivity contribution in [3.8, 4) is 0 Å². The van der Waals surface area contributed by atoms with E-state index in [1.54, 1.807) is 5.57 Å². The molecule has 0 aromatic carbocycles. The SMILES string of the molecule is CCC[C@@H]1CCC[C@H]2[C@H]1CC=C1C[C@@](C)(O)CC[C@@]12C. The van der Waals surface area contributed by atoms with Gasteiger partial charge in [-0.25, -0.2) is 0 Å². The number of fused-ring (bicyclic) bond motifs is 3. The first kappa shape index (κ1) is 14.6. The average molecular weight is 276 g/mol. The highest BCUT2D eigenvalue weighted by molar-refractivity contribution is 5.25. The van der Waals surface area contributed by atoms with Gasteiger partial charge in [-0.15, -0.1) is 0 Å². The Morgan fingerprint density at radius 3 is 2.80 bits per heavy atom. The zero-order chi connectivity index (χ0) is 14.4. The standard InChI is InChI=1S/C19H32O/c1-4-6-14-7-5-8-17-16(14)10-9-15-13-18(2,20)11-12-19(15,17)3/h9,14,16-17,20H,4-8,10-13H2,1-3H3/t14-,16+,17+,18+,19+/m1/s1. The monoisotopic (exact) mass is 276 g/mol. The van der Waals surface area contributed by atoms with Crippen molar-refractivity contribution in [3.63, 3.8) is 0 Å². The highest BCUT2D eigenvalue weighted by atomic mass is 16.3. The minimum absolute atomic E-state index is 0.400. The highest BCUT2D eigenvalue weighted by Crippen LogP contribution is 2.59. The van der Waals surface area contributed by atoms with Gasteiger partial charge in [-0.05, 0) is 62.2 Å². The van der Waals surface area contributed by atoms with E-state index < -0.39 is 5.60 Å². The zero-order valence-corrected chi connectivity index (χ0v) is 13.6. The fraction of sp³-hybridized carbons (Fsp3) is 0.895. The zero-order valence-electron chi connectivity index (χ0n) is 13.6. The molecule has 0 bridgehead atoms. The number of hydrogen-bond donors (Lipinski definition) is 1. The first-order valence-corrected chi connectivity index (χ1v) is 8.88. The number of hydrogen-bond acceptors (Lipinski definition) is 1. The smallest absolute Gasteiger partial charge is 0.0657 e. The van der Waals surface area contributed by atoms with Gasteiger partial charge in [0, 0.05) is 0 Å². The summed E-state index contributed by atoms with van der Waals surface area (Å²) in [5.41, 5.74) is 1.54. The molecule has 1 nitrogen and oxygen atoms in total. The summed E-state index contributed by atoms with van der Waals surface area (Å²) in [7, 11) is 0. The molecule has 0 unspecified atom stereocenters. The van der Waals surface area contributed by atoms with E-state index in [0.29, 0.717) is 5.41 Å². The summed E-state index contributed by atoms with van der Waals surface area (Å²) in [5.74, 6) is 2.79. The summed E-state index contributed by atoms with van der Waals surface area (Å²) in [4.78, 5) is 0. The molecule has 2 fully saturated rings. The molecule has 3 aliphatic carbocycles. The van der Waals surface area contributed by atoms with Crippen LogP contribution in [0, 0.1) is 23.2 Å². The van der Waals surface area contributed by atoms with Gasteiger partial charge in [-0.3, -0.25) is 0 Å². The van der Waals surface area contributed by atoms with Gasteiger partial charge in [0.05, 0.1) is 5.60 Å². The molecule has 1 heteroatoms. The molecule has 0 radical (unpaired) electrons. The van der Waals surface area contributed by atoms with Crippen molar-refractivity contribution in [2.75, 3.05) is 0 Å². The molecule has 0 saturated heterocycles. The topological polar surface area (TPSA) is 20.2 Å². The van der Waals surface area contributed by atoms with Gasteiger partial charge in [0.25, 0.3) is 0 Å². The first-order valence-electron chi connectivity index (χ1n) is 8.88. The number of rotatable bonds is 2. The normalized spacial score (nSPS) is 48.2. The van der Waals surface area contributed by atoms with Gasteiger partial charge in [0.2, 0.25) is 0 Å². The maximum absolute atomic E-state index is 10.4. The van der Waals surface area contributed by atoms with E-state index in [4.69, 9.17) is 0 Å². The van der Waals surface area contributed by atoms with Crippen LogP contribution in [0.4, 0.5) is 0 Å². The van der Waals surface area contributed by atoms with Crippen LogP contribution in [0.15, 0.2) is 11.6 Å². The largest absolute Gasteiger partial charge is 0.390 e. The van der Waals surface area contributed by atoms with Crippen molar-refractivity contribution in [1.82, 2.24) is 0 Å². The summed E-state index contributed by atoms with van der Waals surface area (Å²) in [6, 6.07) is 0. The molecule has 1 N–H and O–H groups in total. The van der Waals surface area contributed by atoms with Crippen molar-refractivity contribution in [2.24, 2.45) is 23.2 Å². The fourth-order valence-electron chi connectivity index (χ4n) is 5.63. The van der Waals surface area contributed by atoms with E-state index >= 15 is 0 Å². The third-order valence-corrected chi connectivity index (χ3v) is 6.81. The summed E-state index contributed by atoms with van der Waals surface area (Å²) in [6.07, 6.45) is 14.0. The summed E-state index contributed by atoms with van der Waals surface area (Å²) in [5, 5.41) is 10.4. The third kappa shape index (κ3) is 2.36. The Bertz CT molecular complexity index is 393. The third-order valence-electron chi connectivity index (χ3n) is 6.81. The highest BCUT2D eigenvalue weighted by Gasteiger charge is 2.50. The van der Waals surface area contributed by atoms with Crippen LogP contribution in [0.3, 0.4) is 0 Å². The minimum Gasteiger partial charge on any atom is -0.390 e. The Balaban J connectivity index is 1.87. The second kappa shape index (κ2) is 5.16. The lowest BCUT2D eigenvalue weighted by molar-refractivity contribution is -0.0322. The summed E-state index contributed by atoms with van der Waals surface area (Å²) in [6.45, 7) is 6.88. The van der Waals surface area contributed by atoms with E-state index in [1.165, 1.54) is 44.9 Å². The lowest BCUT2D eigenvalue weighted by atomic mass is 9.50. The van der Waals surface area contributed by atoms with Crippen molar-refractivity contribution in [2.45, 2.75) is 84.2 Å². The van der Waals surface area contributed by atoms with E-state index in [9.17, 15) is 5.11 Å². The van der Waals surface area contributed by atoms with Crippen LogP contribution < -0.4 is 0 Å². The van der Waals surface area contributed by atoms with Crippen LogP contribution in [0.5, 0.6) is 0 Å². The van der Waals surface area contributed by atoms with E-state index in [2.05, 4.69) is 19.9 Å². The quantitative estimate of drug-likeness (QED) is 0.696. The Labute approximate surface area is 124 Å². The molecule has 0 aliphatic heterocycles. The van der Waals surface area contributed by atoms with Crippen molar-refractivity contribution in [1.29, 1.82) is 0 Å². The van der Waals surface area contributed by atoms with Gasteiger partial charge in [-0.2, -0.15) is 0 Å². The average Bonchev–Trinajstić information content (AvgIpc) is 2.40. The molecule has 5 atom stereocenters. The molecule has 0 heterocycles. The molecule has 0 amide bonds. The summed E-state index contributed by atoms with van der Waals surface area (Å²) < 4.78 is 0. The van der Waals surface area contributed by atoms with Crippen molar-refractivity contribution in [3.05, 3.63) is 11.6 Å². The molecule has 2 saturated carbocycles. The fourth-order valence-corrected chi connectivity index (χ4v) is 5.63. The first-order chi connectivity index (χ1) is 9.46. The Kier molecular flexibility index (Phi) is 3.77. The maximum atomic E-state index is 10.4. The molecular weight excluding hydrogens is 244 g/mol. The van der Waals surface area contributed by atoms with Crippen LogP contribution in [-0.2, 0) is 0 Å². The molecule has 20 heavy (non-hydrogen) atoms. The molecule has 3 rings (SSSR count). The van der Waals surface area contributed by atoms with E-state index in [1.807, 2.05) is 6.92 Å². The van der Waals surface area contributed by atoms with Crippen LogP contribution >= 0.6 is 0 Å². The van der Waals surface area contributed by atoms with E-state index in [-0.39, 0.29) is 0 Å².